The van der Waals surface area contributed by atoms with E-state index in [-0.39, 0.29) is 17.3 Å². The molecular formula is C12H14F2N2S. The van der Waals surface area contributed by atoms with Crippen molar-refractivity contribution in [2.45, 2.75) is 19.9 Å². The molecule has 0 saturated heterocycles. The highest BCUT2D eigenvalue weighted by Gasteiger charge is 2.14. The first-order valence-electron chi connectivity index (χ1n) is 5.32. The summed E-state index contributed by atoms with van der Waals surface area (Å²) in [6.45, 7) is 3.94. The van der Waals surface area contributed by atoms with Crippen LogP contribution in [0.25, 0.3) is 0 Å². The van der Waals surface area contributed by atoms with Gasteiger partial charge in [0, 0.05) is 11.8 Å². The van der Waals surface area contributed by atoms with Crippen molar-refractivity contribution in [3.8, 4) is 6.07 Å². The molecule has 1 aromatic carbocycles. The fraction of sp³-hybridized carbons (Fsp3) is 0.417. The Morgan fingerprint density at radius 2 is 2.12 bits per heavy atom. The van der Waals surface area contributed by atoms with E-state index in [4.69, 9.17) is 5.26 Å². The summed E-state index contributed by atoms with van der Waals surface area (Å²) in [5, 5.41) is 11.4. The van der Waals surface area contributed by atoms with Crippen molar-refractivity contribution in [1.29, 1.82) is 5.26 Å². The van der Waals surface area contributed by atoms with Crippen LogP contribution in [0.2, 0.25) is 0 Å². The lowest BCUT2D eigenvalue weighted by atomic mass is 10.2. The fourth-order valence-electron chi connectivity index (χ4n) is 1.35. The molecule has 0 aliphatic carbocycles. The summed E-state index contributed by atoms with van der Waals surface area (Å²) in [6, 6.07) is 4.32. The SMILES string of the molecule is CCSCC(C)Nc1ccc(C#N)c(F)c1F. The van der Waals surface area contributed by atoms with E-state index >= 15 is 0 Å². The summed E-state index contributed by atoms with van der Waals surface area (Å²) in [7, 11) is 0. The zero-order chi connectivity index (χ0) is 12.8. The monoisotopic (exact) mass is 256 g/mol. The van der Waals surface area contributed by atoms with Crippen LogP contribution in [0.4, 0.5) is 14.5 Å². The number of hydrogen-bond acceptors (Lipinski definition) is 3. The minimum absolute atomic E-state index is 0.0433. The third kappa shape index (κ3) is 3.60. The molecule has 2 nitrogen and oxygen atoms in total. The number of benzene rings is 1. The van der Waals surface area contributed by atoms with Gasteiger partial charge in [0.1, 0.15) is 6.07 Å². The number of anilines is 1. The van der Waals surface area contributed by atoms with E-state index in [9.17, 15) is 8.78 Å². The maximum absolute atomic E-state index is 13.5. The number of thioether (sulfide) groups is 1. The second kappa shape index (κ2) is 6.45. The average Bonchev–Trinajstić information content (AvgIpc) is 2.33. The van der Waals surface area contributed by atoms with Gasteiger partial charge in [0.25, 0.3) is 0 Å². The maximum Gasteiger partial charge on any atom is 0.183 e. The Morgan fingerprint density at radius 1 is 1.41 bits per heavy atom. The highest BCUT2D eigenvalue weighted by atomic mass is 32.2. The molecule has 1 atom stereocenters. The predicted octanol–water partition coefficient (Wildman–Crippen LogP) is 3.39. The minimum atomic E-state index is -1.09. The Hall–Kier alpha value is -1.28. The van der Waals surface area contributed by atoms with E-state index in [1.165, 1.54) is 12.1 Å². The first kappa shape index (κ1) is 13.8. The van der Waals surface area contributed by atoms with Gasteiger partial charge in [0.15, 0.2) is 11.6 Å². The molecule has 1 aromatic rings. The molecule has 17 heavy (non-hydrogen) atoms. The molecular weight excluding hydrogens is 242 g/mol. The molecule has 0 aromatic heterocycles. The highest BCUT2D eigenvalue weighted by molar-refractivity contribution is 7.99. The molecule has 0 heterocycles. The normalized spacial score (nSPS) is 11.9. The summed E-state index contributed by atoms with van der Waals surface area (Å²) in [4.78, 5) is 0. The van der Waals surface area contributed by atoms with Gasteiger partial charge in [0.05, 0.1) is 11.3 Å². The molecule has 0 spiro atoms. The summed E-state index contributed by atoms with van der Waals surface area (Å²) in [5.41, 5.74) is -0.172. The van der Waals surface area contributed by atoms with Crippen molar-refractivity contribution in [3.05, 3.63) is 29.3 Å². The van der Waals surface area contributed by atoms with E-state index in [0.29, 0.717) is 0 Å². The van der Waals surface area contributed by atoms with Crippen molar-refractivity contribution in [3.63, 3.8) is 0 Å². The molecule has 0 radical (unpaired) electrons. The number of halogens is 2. The quantitative estimate of drug-likeness (QED) is 0.877. The van der Waals surface area contributed by atoms with Crippen molar-refractivity contribution in [2.24, 2.45) is 0 Å². The number of nitrogens with zero attached hydrogens (tertiary/aromatic N) is 1. The smallest absolute Gasteiger partial charge is 0.183 e. The number of nitrogens with one attached hydrogen (secondary N) is 1. The second-order valence-electron chi connectivity index (χ2n) is 3.61. The fourth-order valence-corrected chi connectivity index (χ4v) is 2.02. The Labute approximate surface area is 104 Å². The molecule has 0 amide bonds. The molecule has 5 heteroatoms. The van der Waals surface area contributed by atoms with Crippen molar-refractivity contribution < 1.29 is 8.78 Å². The van der Waals surface area contributed by atoms with Crippen LogP contribution < -0.4 is 5.32 Å². The summed E-state index contributed by atoms with van der Waals surface area (Å²) < 4.78 is 26.9. The lowest BCUT2D eigenvalue weighted by molar-refractivity contribution is 0.508. The lowest BCUT2D eigenvalue weighted by Crippen LogP contribution is -2.19. The van der Waals surface area contributed by atoms with Gasteiger partial charge in [-0.25, -0.2) is 8.78 Å². The number of rotatable bonds is 5. The van der Waals surface area contributed by atoms with Gasteiger partial charge in [-0.2, -0.15) is 17.0 Å². The maximum atomic E-state index is 13.5. The van der Waals surface area contributed by atoms with Gasteiger partial charge in [-0.05, 0) is 24.8 Å². The van der Waals surface area contributed by atoms with Crippen molar-refractivity contribution in [1.82, 2.24) is 0 Å². The van der Waals surface area contributed by atoms with E-state index in [1.54, 1.807) is 17.8 Å². The van der Waals surface area contributed by atoms with Crippen LogP contribution >= 0.6 is 11.8 Å². The first-order valence-corrected chi connectivity index (χ1v) is 6.48. The van der Waals surface area contributed by atoms with Gasteiger partial charge < -0.3 is 5.32 Å². The van der Waals surface area contributed by atoms with E-state index in [1.807, 2.05) is 13.8 Å². The molecule has 92 valence electrons. The molecule has 0 aliphatic rings. The van der Waals surface area contributed by atoms with Crippen LogP contribution in [0.15, 0.2) is 12.1 Å². The standard InChI is InChI=1S/C12H14F2N2S/c1-3-17-7-8(2)16-10-5-4-9(6-15)11(13)12(10)14/h4-5,8,16H,3,7H2,1-2H3. The molecule has 0 aliphatic heterocycles. The topological polar surface area (TPSA) is 35.8 Å². The molecule has 0 fully saturated rings. The Balaban J connectivity index is 2.79. The van der Waals surface area contributed by atoms with Crippen LogP contribution in [0.1, 0.15) is 19.4 Å². The second-order valence-corrected chi connectivity index (χ2v) is 4.92. The van der Waals surface area contributed by atoms with E-state index in [2.05, 4.69) is 5.32 Å². The van der Waals surface area contributed by atoms with Gasteiger partial charge in [0.2, 0.25) is 0 Å². The Kier molecular flexibility index (Phi) is 5.23. The molecule has 0 saturated carbocycles. The van der Waals surface area contributed by atoms with Crippen molar-refractivity contribution >= 4 is 17.4 Å². The largest absolute Gasteiger partial charge is 0.379 e. The average molecular weight is 256 g/mol. The minimum Gasteiger partial charge on any atom is -0.379 e. The van der Waals surface area contributed by atoms with Crippen LogP contribution in [-0.2, 0) is 0 Å². The highest BCUT2D eigenvalue weighted by Crippen LogP contribution is 2.21. The van der Waals surface area contributed by atoms with Crippen LogP contribution in [-0.4, -0.2) is 17.5 Å². The molecule has 1 N–H and O–H groups in total. The summed E-state index contributed by atoms with van der Waals surface area (Å²) in [5.74, 6) is -0.279. The Morgan fingerprint density at radius 3 is 2.71 bits per heavy atom. The lowest BCUT2D eigenvalue weighted by Gasteiger charge is -2.15. The summed E-state index contributed by atoms with van der Waals surface area (Å²) >= 11 is 1.72. The van der Waals surface area contributed by atoms with Gasteiger partial charge in [-0.15, -0.1) is 0 Å². The van der Waals surface area contributed by atoms with Crippen LogP contribution in [0, 0.1) is 23.0 Å². The van der Waals surface area contributed by atoms with Crippen LogP contribution in [0.5, 0.6) is 0 Å². The predicted molar refractivity (Wildman–Crippen MR) is 67.2 cm³/mol. The molecule has 1 unspecified atom stereocenters. The molecule has 1 rings (SSSR count). The summed E-state index contributed by atoms with van der Waals surface area (Å²) in [6.07, 6.45) is 0. The van der Waals surface area contributed by atoms with Gasteiger partial charge in [-0.3, -0.25) is 0 Å². The number of nitriles is 1. The zero-order valence-electron chi connectivity index (χ0n) is 9.76. The number of hydrogen-bond donors (Lipinski definition) is 1. The van der Waals surface area contributed by atoms with E-state index < -0.39 is 11.6 Å². The molecule has 0 bridgehead atoms. The third-order valence-electron chi connectivity index (χ3n) is 2.18. The zero-order valence-corrected chi connectivity index (χ0v) is 10.6. The first-order chi connectivity index (χ1) is 8.10. The third-order valence-corrected chi connectivity index (χ3v) is 3.32. The van der Waals surface area contributed by atoms with Crippen LogP contribution in [0.3, 0.4) is 0 Å². The van der Waals surface area contributed by atoms with Gasteiger partial charge >= 0.3 is 0 Å². The van der Waals surface area contributed by atoms with Crippen molar-refractivity contribution in [2.75, 3.05) is 16.8 Å². The Bertz CT molecular complexity index is 429. The van der Waals surface area contributed by atoms with Gasteiger partial charge in [-0.1, -0.05) is 6.92 Å². The van der Waals surface area contributed by atoms with E-state index in [0.717, 1.165) is 11.5 Å².